The van der Waals surface area contributed by atoms with Crippen molar-refractivity contribution in [2.45, 2.75) is 57.5 Å². The molecule has 2 heterocycles. The quantitative estimate of drug-likeness (QED) is 0.823. The Morgan fingerprint density at radius 3 is 2.64 bits per heavy atom. The molecule has 1 aromatic rings. The third kappa shape index (κ3) is 3.95. The number of halogens is 1. The summed E-state index contributed by atoms with van der Waals surface area (Å²) in [5.74, 6) is -0.162. The monoisotopic (exact) mass is 364 g/mol. The highest BCUT2D eigenvalue weighted by Gasteiger charge is 2.42. The van der Waals surface area contributed by atoms with Crippen LogP contribution in [0.3, 0.4) is 0 Å². The Bertz CT molecular complexity index is 658. The minimum Gasteiger partial charge on any atom is -0.460 e. The van der Waals surface area contributed by atoms with E-state index in [2.05, 4.69) is 23.3 Å². The molecule has 1 spiro atoms. The third-order valence-corrected chi connectivity index (χ3v) is 5.70. The number of hydrogen-bond acceptors (Lipinski definition) is 4. The summed E-state index contributed by atoms with van der Waals surface area (Å²) in [6, 6.07) is 4.04. The van der Waals surface area contributed by atoms with Crippen LogP contribution in [0.15, 0.2) is 12.1 Å². The number of fused-ring (bicyclic) bond motifs is 2. The number of nitrogens with zero attached hydrogens (tertiary/aromatic N) is 1. The molecule has 0 bridgehead atoms. The van der Waals surface area contributed by atoms with Crippen molar-refractivity contribution in [3.8, 4) is 0 Å². The van der Waals surface area contributed by atoms with Crippen LogP contribution in [0.4, 0.5) is 5.69 Å². The van der Waals surface area contributed by atoms with Gasteiger partial charge in [0.05, 0.1) is 0 Å². The summed E-state index contributed by atoms with van der Waals surface area (Å²) >= 11 is 6.57. The van der Waals surface area contributed by atoms with E-state index in [1.165, 1.54) is 11.3 Å². The maximum Gasteiger partial charge on any atom is 0.306 e. The molecule has 138 valence electrons. The van der Waals surface area contributed by atoms with Gasteiger partial charge < -0.3 is 15.0 Å². The Morgan fingerprint density at radius 2 is 2.00 bits per heavy atom. The van der Waals surface area contributed by atoms with E-state index in [0.717, 1.165) is 43.1 Å². The van der Waals surface area contributed by atoms with Crippen LogP contribution in [0.25, 0.3) is 0 Å². The van der Waals surface area contributed by atoms with Crippen LogP contribution in [0, 0.1) is 0 Å². The van der Waals surface area contributed by atoms with Crippen molar-refractivity contribution in [3.05, 3.63) is 28.3 Å². The summed E-state index contributed by atoms with van der Waals surface area (Å²) in [5, 5.41) is 4.34. The lowest BCUT2D eigenvalue weighted by Gasteiger charge is -2.39. The number of anilines is 1. The maximum absolute atomic E-state index is 12.2. The first kappa shape index (κ1) is 18.5. The first-order valence-corrected chi connectivity index (χ1v) is 9.54. The fourth-order valence-corrected chi connectivity index (χ4v) is 4.32. The van der Waals surface area contributed by atoms with E-state index in [9.17, 15) is 4.79 Å². The Morgan fingerprint density at radius 1 is 1.32 bits per heavy atom. The molecule has 0 aromatic heterocycles. The van der Waals surface area contributed by atoms with Gasteiger partial charge in [0.25, 0.3) is 0 Å². The maximum atomic E-state index is 12.2. The topological polar surface area (TPSA) is 41.6 Å². The zero-order chi connectivity index (χ0) is 18.2. The normalized spacial score (nSPS) is 19.6. The van der Waals surface area contributed by atoms with E-state index >= 15 is 0 Å². The lowest BCUT2D eigenvalue weighted by atomic mass is 9.72. The van der Waals surface area contributed by atoms with Crippen molar-refractivity contribution >= 4 is 23.3 Å². The van der Waals surface area contributed by atoms with Crippen molar-refractivity contribution in [1.82, 2.24) is 4.90 Å². The minimum atomic E-state index is -0.448. The molecule has 2 aliphatic heterocycles. The van der Waals surface area contributed by atoms with Crippen LogP contribution in [-0.4, -0.2) is 43.2 Å². The molecule has 0 unspecified atom stereocenters. The number of carbonyl (C=O) groups is 1. The number of carbonyl (C=O) groups excluding carboxylic acids is 1. The number of ether oxygens (including phenoxy) is 1. The lowest BCUT2D eigenvalue weighted by Crippen LogP contribution is -2.42. The Kier molecular flexibility index (Phi) is 5.04. The van der Waals surface area contributed by atoms with E-state index in [1.54, 1.807) is 0 Å². The van der Waals surface area contributed by atoms with Crippen molar-refractivity contribution in [2.75, 3.05) is 32.0 Å². The SMILES string of the molecule is CN1CCC2(CC1)CNc1ccc(Cl)c(CCC(=O)OC(C)(C)C)c12. The predicted octanol–water partition coefficient (Wildman–Crippen LogP) is 4.00. The summed E-state index contributed by atoms with van der Waals surface area (Å²) < 4.78 is 5.47. The summed E-state index contributed by atoms with van der Waals surface area (Å²) in [7, 11) is 2.18. The Balaban J connectivity index is 1.84. The molecule has 1 saturated heterocycles. The highest BCUT2D eigenvalue weighted by molar-refractivity contribution is 6.31. The molecule has 0 aliphatic carbocycles. The molecule has 1 N–H and O–H groups in total. The number of nitrogens with one attached hydrogen (secondary N) is 1. The zero-order valence-electron chi connectivity index (χ0n) is 15.7. The fraction of sp³-hybridized carbons (Fsp3) is 0.650. The first-order chi connectivity index (χ1) is 11.7. The molecule has 0 saturated carbocycles. The lowest BCUT2D eigenvalue weighted by molar-refractivity contribution is -0.154. The summed E-state index contributed by atoms with van der Waals surface area (Å²) in [6.45, 7) is 8.86. The predicted molar refractivity (Wildman–Crippen MR) is 103 cm³/mol. The van der Waals surface area contributed by atoms with Gasteiger partial charge in [0.2, 0.25) is 0 Å². The van der Waals surface area contributed by atoms with Gasteiger partial charge in [-0.2, -0.15) is 0 Å². The van der Waals surface area contributed by atoms with Crippen LogP contribution in [0.5, 0.6) is 0 Å². The van der Waals surface area contributed by atoms with Gasteiger partial charge in [0.15, 0.2) is 0 Å². The Hall–Kier alpha value is -1.26. The first-order valence-electron chi connectivity index (χ1n) is 9.16. The summed E-state index contributed by atoms with van der Waals surface area (Å²) in [4.78, 5) is 14.5. The van der Waals surface area contributed by atoms with Crippen LogP contribution < -0.4 is 5.32 Å². The van der Waals surface area contributed by atoms with Crippen molar-refractivity contribution in [2.24, 2.45) is 0 Å². The molecule has 25 heavy (non-hydrogen) atoms. The number of esters is 1. The van der Waals surface area contributed by atoms with Crippen molar-refractivity contribution in [1.29, 1.82) is 0 Å². The van der Waals surface area contributed by atoms with Crippen molar-refractivity contribution in [3.63, 3.8) is 0 Å². The van der Waals surface area contributed by atoms with Crippen LogP contribution in [0.2, 0.25) is 5.02 Å². The second kappa shape index (κ2) is 6.81. The standard InChI is InChI=1S/C20H29ClN2O2/c1-19(2,3)25-17(24)8-5-14-15(21)6-7-16-18(14)20(13-22-16)9-11-23(4)12-10-20/h6-7,22H,5,8-13H2,1-4H3. The van der Waals surface area contributed by atoms with E-state index in [4.69, 9.17) is 16.3 Å². The number of hydrogen-bond donors (Lipinski definition) is 1. The number of piperidine rings is 1. The number of benzene rings is 1. The molecule has 0 radical (unpaired) electrons. The van der Waals surface area contributed by atoms with Gasteiger partial charge in [-0.1, -0.05) is 11.6 Å². The van der Waals surface area contributed by atoms with Gasteiger partial charge in [-0.05, 0) is 83.4 Å². The molecule has 0 amide bonds. The smallest absolute Gasteiger partial charge is 0.306 e. The van der Waals surface area contributed by atoms with Gasteiger partial charge in [0, 0.05) is 29.1 Å². The zero-order valence-corrected chi connectivity index (χ0v) is 16.5. The minimum absolute atomic E-state index is 0.149. The molecule has 3 rings (SSSR count). The molecular formula is C20H29ClN2O2. The highest BCUT2D eigenvalue weighted by atomic mass is 35.5. The second-order valence-corrected chi connectivity index (χ2v) is 8.88. The largest absolute Gasteiger partial charge is 0.460 e. The van der Waals surface area contributed by atoms with Crippen LogP contribution >= 0.6 is 11.6 Å². The molecular weight excluding hydrogens is 336 g/mol. The highest BCUT2D eigenvalue weighted by Crippen LogP contribution is 2.47. The van der Waals surface area contributed by atoms with Crippen LogP contribution in [0.1, 0.15) is 51.2 Å². The van der Waals surface area contributed by atoms with Gasteiger partial charge >= 0.3 is 5.97 Å². The number of likely N-dealkylation sites (tertiary alicyclic amines) is 1. The molecule has 0 atom stereocenters. The van der Waals surface area contributed by atoms with Crippen molar-refractivity contribution < 1.29 is 9.53 Å². The third-order valence-electron chi connectivity index (χ3n) is 5.35. The van der Waals surface area contributed by atoms with Gasteiger partial charge in [0.1, 0.15) is 5.60 Å². The molecule has 5 heteroatoms. The number of rotatable bonds is 3. The van der Waals surface area contributed by atoms with Gasteiger partial charge in [-0.15, -0.1) is 0 Å². The molecule has 1 fully saturated rings. The van der Waals surface area contributed by atoms with E-state index < -0.39 is 5.60 Å². The van der Waals surface area contributed by atoms with Gasteiger partial charge in [-0.25, -0.2) is 0 Å². The summed E-state index contributed by atoms with van der Waals surface area (Å²) in [6.07, 6.45) is 3.26. The fourth-order valence-electron chi connectivity index (χ4n) is 4.07. The average molecular weight is 365 g/mol. The average Bonchev–Trinajstić information content (AvgIpc) is 2.87. The Labute approximate surface area is 155 Å². The van der Waals surface area contributed by atoms with E-state index in [0.29, 0.717) is 12.8 Å². The summed E-state index contributed by atoms with van der Waals surface area (Å²) in [5.41, 5.74) is 3.36. The van der Waals surface area contributed by atoms with Crippen LogP contribution in [-0.2, 0) is 21.4 Å². The van der Waals surface area contributed by atoms with E-state index in [-0.39, 0.29) is 11.4 Å². The molecule has 1 aromatic carbocycles. The second-order valence-electron chi connectivity index (χ2n) is 8.47. The molecule has 4 nitrogen and oxygen atoms in total. The van der Waals surface area contributed by atoms with Gasteiger partial charge in [-0.3, -0.25) is 4.79 Å². The van der Waals surface area contributed by atoms with E-state index in [1.807, 2.05) is 26.8 Å². The molecule has 2 aliphatic rings.